The maximum Gasteiger partial charge on any atom is 0.210 e. The number of hydrogen-bond donors (Lipinski definition) is 2. The summed E-state index contributed by atoms with van der Waals surface area (Å²) in [5.74, 6) is 1.53. The van der Waals surface area contributed by atoms with Crippen LogP contribution in [0.1, 0.15) is 19.9 Å². The molecule has 1 aromatic carbocycles. The average molecular weight is 425 g/mol. The van der Waals surface area contributed by atoms with Gasteiger partial charge >= 0.3 is 0 Å². The summed E-state index contributed by atoms with van der Waals surface area (Å²) in [4.78, 5) is 18.4. The summed E-state index contributed by atoms with van der Waals surface area (Å²) in [5.41, 5.74) is 3.72. The highest BCUT2D eigenvalue weighted by Gasteiger charge is 2.18. The molecule has 9 heteroatoms. The maximum absolute atomic E-state index is 5.42. The first-order valence-electron chi connectivity index (χ1n) is 10.8. The van der Waals surface area contributed by atoms with Crippen LogP contribution < -0.4 is 15.5 Å². The first-order chi connectivity index (χ1) is 15.0. The lowest BCUT2D eigenvalue weighted by Crippen LogP contribution is -2.39. The van der Waals surface area contributed by atoms with E-state index in [0.717, 1.165) is 73.7 Å². The van der Waals surface area contributed by atoms with Gasteiger partial charge in [-0.2, -0.15) is 0 Å². The number of fused-ring (bicyclic) bond motifs is 1. The average Bonchev–Trinajstić information content (AvgIpc) is 3.13. The summed E-state index contributed by atoms with van der Waals surface area (Å²) in [7, 11) is 4.07. The predicted octanol–water partition coefficient (Wildman–Crippen LogP) is 2.96. The zero-order valence-electron chi connectivity index (χ0n) is 18.8. The summed E-state index contributed by atoms with van der Waals surface area (Å²) < 4.78 is 7.54. The molecule has 4 rings (SSSR count). The van der Waals surface area contributed by atoms with E-state index in [1.807, 2.05) is 26.2 Å². The van der Waals surface area contributed by atoms with E-state index in [9.17, 15) is 0 Å². The Balaban J connectivity index is 1.58. The number of nitrogens with zero attached hydrogens (tertiary/aromatic N) is 6. The van der Waals surface area contributed by atoms with E-state index in [1.54, 1.807) is 6.33 Å². The van der Waals surface area contributed by atoms with Gasteiger partial charge in [0, 0.05) is 57.7 Å². The van der Waals surface area contributed by atoms with Crippen LogP contribution in [0.4, 0.5) is 23.1 Å². The van der Waals surface area contributed by atoms with Gasteiger partial charge in [-0.25, -0.2) is 15.0 Å². The van der Waals surface area contributed by atoms with Crippen LogP contribution in [0.5, 0.6) is 0 Å². The van der Waals surface area contributed by atoms with E-state index < -0.39 is 0 Å². The Morgan fingerprint density at radius 1 is 1.16 bits per heavy atom. The molecule has 0 atom stereocenters. The van der Waals surface area contributed by atoms with Crippen molar-refractivity contribution >= 4 is 34.3 Å². The minimum Gasteiger partial charge on any atom is -0.379 e. The molecule has 0 bridgehead atoms. The summed E-state index contributed by atoms with van der Waals surface area (Å²) >= 11 is 0. The molecule has 1 aliphatic heterocycles. The molecule has 1 fully saturated rings. The minimum atomic E-state index is 0.195. The van der Waals surface area contributed by atoms with Crippen LogP contribution in [0.3, 0.4) is 0 Å². The number of imidazole rings is 1. The Morgan fingerprint density at radius 2 is 1.97 bits per heavy atom. The van der Waals surface area contributed by atoms with Gasteiger partial charge in [0.1, 0.15) is 6.33 Å². The number of ether oxygens (including phenoxy) is 1. The number of hydrogen-bond acceptors (Lipinski definition) is 8. The van der Waals surface area contributed by atoms with Gasteiger partial charge in [0.05, 0.1) is 13.2 Å². The predicted molar refractivity (Wildman–Crippen MR) is 126 cm³/mol. The van der Waals surface area contributed by atoms with Crippen LogP contribution in [0, 0.1) is 0 Å². The van der Waals surface area contributed by atoms with E-state index in [-0.39, 0.29) is 6.04 Å². The Labute approximate surface area is 183 Å². The van der Waals surface area contributed by atoms with Crippen LogP contribution in [0.2, 0.25) is 0 Å². The van der Waals surface area contributed by atoms with Gasteiger partial charge in [-0.15, -0.1) is 0 Å². The van der Waals surface area contributed by atoms with Crippen molar-refractivity contribution in [2.45, 2.75) is 19.9 Å². The normalized spacial score (nSPS) is 14.9. The number of anilines is 4. The Hall–Kier alpha value is -2.91. The first kappa shape index (κ1) is 21.3. The summed E-state index contributed by atoms with van der Waals surface area (Å²) in [6.45, 7) is 9.58. The smallest absolute Gasteiger partial charge is 0.210 e. The molecule has 1 saturated heterocycles. The molecule has 2 aromatic heterocycles. The second kappa shape index (κ2) is 9.49. The van der Waals surface area contributed by atoms with Gasteiger partial charge in [0.25, 0.3) is 0 Å². The molecule has 3 heterocycles. The fourth-order valence-electron chi connectivity index (χ4n) is 3.76. The lowest BCUT2D eigenvalue weighted by Gasteiger charge is -2.26. The molecule has 0 aliphatic carbocycles. The zero-order chi connectivity index (χ0) is 21.8. The number of morpholine rings is 1. The van der Waals surface area contributed by atoms with Crippen LogP contribution in [-0.2, 0) is 4.74 Å². The van der Waals surface area contributed by atoms with Crippen molar-refractivity contribution in [3.8, 4) is 0 Å². The topological polar surface area (TPSA) is 83.4 Å². The third-order valence-electron chi connectivity index (χ3n) is 5.44. The number of benzene rings is 1. The Bertz CT molecular complexity index is 1010. The lowest BCUT2D eigenvalue weighted by molar-refractivity contribution is 0.0398. The lowest BCUT2D eigenvalue weighted by atomic mass is 10.2. The maximum atomic E-state index is 5.42. The molecule has 3 aromatic rings. The zero-order valence-corrected chi connectivity index (χ0v) is 18.8. The fraction of sp³-hybridized carbons (Fsp3) is 0.500. The molecule has 0 spiro atoms. The van der Waals surface area contributed by atoms with Gasteiger partial charge in [-0.05, 0) is 32.0 Å². The van der Waals surface area contributed by atoms with E-state index in [0.29, 0.717) is 0 Å². The Kier molecular flexibility index (Phi) is 6.53. The first-order valence-corrected chi connectivity index (χ1v) is 10.8. The van der Waals surface area contributed by atoms with Crippen LogP contribution in [0.25, 0.3) is 11.2 Å². The molecule has 31 heavy (non-hydrogen) atoms. The van der Waals surface area contributed by atoms with Crippen molar-refractivity contribution in [1.82, 2.24) is 24.4 Å². The molecule has 166 valence electrons. The van der Waals surface area contributed by atoms with Crippen LogP contribution in [0.15, 0.2) is 30.6 Å². The number of aromatic nitrogens is 4. The van der Waals surface area contributed by atoms with Crippen molar-refractivity contribution in [1.29, 1.82) is 0 Å². The van der Waals surface area contributed by atoms with E-state index >= 15 is 0 Å². The third-order valence-corrected chi connectivity index (χ3v) is 5.44. The van der Waals surface area contributed by atoms with Gasteiger partial charge in [0.2, 0.25) is 5.95 Å². The molecule has 2 N–H and O–H groups in total. The van der Waals surface area contributed by atoms with Gasteiger partial charge in [-0.3, -0.25) is 9.47 Å². The van der Waals surface area contributed by atoms with Gasteiger partial charge < -0.3 is 20.3 Å². The largest absolute Gasteiger partial charge is 0.379 e. The standard InChI is InChI=1S/C22H32N8O/c1-16(2)30-21-19(27-22(30)26-17-6-5-7-18(14-17)28(3)4)20(24-15-25-21)23-8-9-29-10-12-31-13-11-29/h5-7,14-16H,8-13H2,1-4H3,(H,26,27)(H,23,24,25). The second-order valence-corrected chi connectivity index (χ2v) is 8.24. The summed E-state index contributed by atoms with van der Waals surface area (Å²) in [6.07, 6.45) is 1.61. The molecule has 0 amide bonds. The molecule has 0 unspecified atom stereocenters. The summed E-state index contributed by atoms with van der Waals surface area (Å²) in [6, 6.07) is 8.47. The molecule has 1 aliphatic rings. The van der Waals surface area contributed by atoms with Crippen molar-refractivity contribution in [2.24, 2.45) is 0 Å². The van der Waals surface area contributed by atoms with Crippen molar-refractivity contribution in [3.63, 3.8) is 0 Å². The van der Waals surface area contributed by atoms with E-state index in [1.165, 1.54) is 0 Å². The summed E-state index contributed by atoms with van der Waals surface area (Å²) in [5, 5.41) is 6.94. The molecule has 0 saturated carbocycles. The third kappa shape index (κ3) is 4.88. The van der Waals surface area contributed by atoms with Crippen LogP contribution in [-0.4, -0.2) is 77.9 Å². The van der Waals surface area contributed by atoms with Crippen LogP contribution >= 0.6 is 0 Å². The molecular weight excluding hydrogens is 392 g/mol. The van der Waals surface area contributed by atoms with Crippen molar-refractivity contribution in [2.75, 3.05) is 69.0 Å². The highest BCUT2D eigenvalue weighted by atomic mass is 16.5. The monoisotopic (exact) mass is 424 g/mol. The SMILES string of the molecule is CC(C)n1c(Nc2cccc(N(C)C)c2)nc2c(NCCN3CCOCC3)ncnc21. The van der Waals surface area contributed by atoms with E-state index in [4.69, 9.17) is 9.72 Å². The quantitative estimate of drug-likeness (QED) is 0.571. The number of rotatable bonds is 8. The minimum absolute atomic E-state index is 0.195. The fourth-order valence-corrected chi connectivity index (χ4v) is 3.76. The molecule has 0 radical (unpaired) electrons. The Morgan fingerprint density at radius 3 is 2.71 bits per heavy atom. The van der Waals surface area contributed by atoms with Gasteiger partial charge in [0.15, 0.2) is 17.0 Å². The van der Waals surface area contributed by atoms with Gasteiger partial charge in [-0.1, -0.05) is 6.07 Å². The van der Waals surface area contributed by atoms with Crippen molar-refractivity contribution in [3.05, 3.63) is 30.6 Å². The second-order valence-electron chi connectivity index (χ2n) is 8.24. The highest BCUT2D eigenvalue weighted by Crippen LogP contribution is 2.29. The highest BCUT2D eigenvalue weighted by molar-refractivity contribution is 5.86. The van der Waals surface area contributed by atoms with Crippen molar-refractivity contribution < 1.29 is 4.74 Å². The molecule has 9 nitrogen and oxygen atoms in total. The van der Waals surface area contributed by atoms with E-state index in [2.05, 4.69) is 60.9 Å². The molecular formula is C22H32N8O. The number of nitrogens with one attached hydrogen (secondary N) is 2.